The average Bonchev–Trinajstić information content (AvgIpc) is 2.49. The van der Waals surface area contributed by atoms with Gasteiger partial charge < -0.3 is 0 Å². The molecule has 1 unspecified atom stereocenters. The fourth-order valence-electron chi connectivity index (χ4n) is 2.46. The van der Waals surface area contributed by atoms with E-state index in [1.807, 2.05) is 37.3 Å². The minimum atomic E-state index is -0.202. The van der Waals surface area contributed by atoms with Gasteiger partial charge in [-0.05, 0) is 42.3 Å². The van der Waals surface area contributed by atoms with Crippen LogP contribution in [0.2, 0.25) is 0 Å². The topological polar surface area (TPSA) is 12.9 Å². The van der Waals surface area contributed by atoms with Crippen LogP contribution in [-0.4, -0.2) is 4.98 Å². The van der Waals surface area contributed by atoms with Crippen LogP contribution in [0.15, 0.2) is 54.6 Å². The maximum Gasteiger partial charge on any atom is 0.123 e. The van der Waals surface area contributed by atoms with Crippen LogP contribution in [-0.2, 0) is 6.42 Å². The summed E-state index contributed by atoms with van der Waals surface area (Å²) >= 11 is 3.67. The number of nitrogens with zero attached hydrogens (tertiary/aromatic N) is 1. The molecular weight excluding hydrogens is 329 g/mol. The normalized spacial score (nSPS) is 12.5. The minimum Gasteiger partial charge on any atom is -0.253 e. The van der Waals surface area contributed by atoms with Gasteiger partial charge in [-0.25, -0.2) is 4.39 Å². The zero-order valence-electron chi connectivity index (χ0n) is 11.7. The van der Waals surface area contributed by atoms with Crippen molar-refractivity contribution >= 4 is 26.8 Å². The summed E-state index contributed by atoms with van der Waals surface area (Å²) in [5.74, 6) is -0.202. The summed E-state index contributed by atoms with van der Waals surface area (Å²) in [6.07, 6.45) is 0.731. The Hall–Kier alpha value is -1.74. The SMILES string of the molecule is Cc1ccc(F)cc1C(Br)Cc1ccc2ccccc2n1. The molecule has 3 rings (SSSR count). The maximum atomic E-state index is 13.4. The zero-order valence-corrected chi connectivity index (χ0v) is 13.3. The number of pyridine rings is 1. The Morgan fingerprint density at radius 3 is 2.76 bits per heavy atom. The highest BCUT2D eigenvalue weighted by Crippen LogP contribution is 2.30. The van der Waals surface area contributed by atoms with Gasteiger partial charge in [0.25, 0.3) is 0 Å². The highest BCUT2D eigenvalue weighted by molar-refractivity contribution is 9.09. The van der Waals surface area contributed by atoms with E-state index in [0.29, 0.717) is 0 Å². The van der Waals surface area contributed by atoms with Gasteiger partial charge in [0.05, 0.1) is 5.52 Å². The first-order valence-electron chi connectivity index (χ1n) is 6.88. The summed E-state index contributed by atoms with van der Waals surface area (Å²) in [5, 5.41) is 1.13. The molecule has 0 N–H and O–H groups in total. The van der Waals surface area contributed by atoms with E-state index >= 15 is 0 Å². The maximum absolute atomic E-state index is 13.4. The summed E-state index contributed by atoms with van der Waals surface area (Å²) in [4.78, 5) is 4.73. The number of para-hydroxylation sites is 1. The van der Waals surface area contributed by atoms with E-state index in [9.17, 15) is 4.39 Å². The van der Waals surface area contributed by atoms with Gasteiger partial charge in [-0.3, -0.25) is 4.98 Å². The van der Waals surface area contributed by atoms with E-state index in [1.165, 1.54) is 6.07 Å². The van der Waals surface area contributed by atoms with Crippen LogP contribution in [0.25, 0.3) is 10.9 Å². The number of halogens is 2. The standard InChI is InChI=1S/C18H15BrFN/c1-12-6-8-14(20)10-16(12)17(19)11-15-9-7-13-4-2-3-5-18(13)21-15/h2-10,17H,11H2,1H3. The number of hydrogen-bond donors (Lipinski definition) is 0. The number of alkyl halides is 1. The van der Waals surface area contributed by atoms with E-state index < -0.39 is 0 Å². The van der Waals surface area contributed by atoms with Crippen molar-refractivity contribution in [1.29, 1.82) is 0 Å². The lowest BCUT2D eigenvalue weighted by molar-refractivity contribution is 0.624. The van der Waals surface area contributed by atoms with Crippen molar-refractivity contribution in [3.05, 3.63) is 77.2 Å². The molecule has 0 saturated heterocycles. The second-order valence-electron chi connectivity index (χ2n) is 5.17. The average molecular weight is 344 g/mol. The summed E-state index contributed by atoms with van der Waals surface area (Å²) in [5.41, 5.74) is 4.05. The minimum absolute atomic E-state index is 0.0573. The summed E-state index contributed by atoms with van der Waals surface area (Å²) in [6.45, 7) is 2.00. The second-order valence-corrected chi connectivity index (χ2v) is 6.27. The van der Waals surface area contributed by atoms with E-state index in [2.05, 4.69) is 33.0 Å². The Bertz CT molecular complexity index is 785. The molecule has 0 aliphatic heterocycles. The number of aromatic nitrogens is 1. The van der Waals surface area contributed by atoms with Gasteiger partial charge in [0, 0.05) is 22.3 Å². The first kappa shape index (κ1) is 14.2. The van der Waals surface area contributed by atoms with Gasteiger partial charge >= 0.3 is 0 Å². The lowest BCUT2D eigenvalue weighted by Crippen LogP contribution is -2.00. The van der Waals surface area contributed by atoms with Crippen molar-refractivity contribution in [2.24, 2.45) is 0 Å². The lowest BCUT2D eigenvalue weighted by Gasteiger charge is -2.13. The molecular formula is C18H15BrFN. The van der Waals surface area contributed by atoms with Gasteiger partial charge in [0.1, 0.15) is 5.82 Å². The number of fused-ring (bicyclic) bond motifs is 1. The van der Waals surface area contributed by atoms with Gasteiger partial charge in [-0.15, -0.1) is 0 Å². The fourth-order valence-corrected chi connectivity index (χ4v) is 3.29. The molecule has 1 heterocycles. The number of hydrogen-bond acceptors (Lipinski definition) is 1. The third-order valence-electron chi connectivity index (χ3n) is 3.62. The molecule has 0 saturated carbocycles. The molecule has 0 aliphatic carbocycles. The molecule has 0 aliphatic rings. The highest BCUT2D eigenvalue weighted by Gasteiger charge is 2.13. The molecule has 1 aromatic heterocycles. The van der Waals surface area contributed by atoms with Crippen molar-refractivity contribution in [2.45, 2.75) is 18.2 Å². The predicted molar refractivity (Wildman–Crippen MR) is 88.3 cm³/mol. The van der Waals surface area contributed by atoms with Gasteiger partial charge in [0.15, 0.2) is 0 Å². The van der Waals surface area contributed by atoms with Crippen LogP contribution in [0.4, 0.5) is 4.39 Å². The summed E-state index contributed by atoms with van der Waals surface area (Å²) in [7, 11) is 0. The van der Waals surface area contributed by atoms with Crippen molar-refractivity contribution in [3.63, 3.8) is 0 Å². The molecule has 1 nitrogen and oxygen atoms in total. The van der Waals surface area contributed by atoms with Gasteiger partial charge in [0.2, 0.25) is 0 Å². The largest absolute Gasteiger partial charge is 0.253 e. The molecule has 0 radical (unpaired) electrons. The molecule has 2 aromatic carbocycles. The molecule has 0 amide bonds. The van der Waals surface area contributed by atoms with Crippen molar-refractivity contribution in [2.75, 3.05) is 0 Å². The molecule has 3 heteroatoms. The molecule has 106 valence electrons. The molecule has 3 aromatic rings. The van der Waals surface area contributed by atoms with Crippen LogP contribution in [0.5, 0.6) is 0 Å². The Balaban J connectivity index is 1.88. The third kappa shape index (κ3) is 3.13. The van der Waals surface area contributed by atoms with Crippen LogP contribution >= 0.6 is 15.9 Å². The number of benzene rings is 2. The summed E-state index contributed by atoms with van der Waals surface area (Å²) in [6, 6.07) is 17.1. The van der Waals surface area contributed by atoms with Crippen molar-refractivity contribution in [3.8, 4) is 0 Å². The van der Waals surface area contributed by atoms with Crippen LogP contribution in [0, 0.1) is 12.7 Å². The molecule has 21 heavy (non-hydrogen) atoms. The van der Waals surface area contributed by atoms with Crippen molar-refractivity contribution in [1.82, 2.24) is 4.98 Å². The first-order chi connectivity index (χ1) is 10.1. The van der Waals surface area contributed by atoms with Gasteiger partial charge in [-0.1, -0.05) is 46.3 Å². The quantitative estimate of drug-likeness (QED) is 0.583. The van der Waals surface area contributed by atoms with Crippen LogP contribution < -0.4 is 0 Å². The lowest BCUT2D eigenvalue weighted by atomic mass is 10.0. The Kier molecular flexibility index (Phi) is 4.02. The predicted octanol–water partition coefficient (Wildman–Crippen LogP) is 5.36. The zero-order chi connectivity index (χ0) is 14.8. The molecule has 1 atom stereocenters. The van der Waals surface area contributed by atoms with Gasteiger partial charge in [-0.2, -0.15) is 0 Å². The van der Waals surface area contributed by atoms with E-state index in [-0.39, 0.29) is 10.6 Å². The Labute approximate surface area is 132 Å². The monoisotopic (exact) mass is 343 g/mol. The number of aryl methyl sites for hydroxylation is 1. The summed E-state index contributed by atoms with van der Waals surface area (Å²) < 4.78 is 13.4. The third-order valence-corrected chi connectivity index (χ3v) is 4.44. The first-order valence-corrected chi connectivity index (χ1v) is 7.80. The van der Waals surface area contributed by atoms with E-state index in [1.54, 1.807) is 6.07 Å². The smallest absolute Gasteiger partial charge is 0.123 e. The Morgan fingerprint density at radius 1 is 1.10 bits per heavy atom. The number of rotatable bonds is 3. The van der Waals surface area contributed by atoms with Crippen molar-refractivity contribution < 1.29 is 4.39 Å². The highest BCUT2D eigenvalue weighted by atomic mass is 79.9. The molecule has 0 spiro atoms. The second kappa shape index (κ2) is 5.94. The van der Waals surface area contributed by atoms with Crippen LogP contribution in [0.1, 0.15) is 21.6 Å². The van der Waals surface area contributed by atoms with E-state index in [4.69, 9.17) is 0 Å². The molecule has 0 bridgehead atoms. The van der Waals surface area contributed by atoms with Crippen LogP contribution in [0.3, 0.4) is 0 Å². The van der Waals surface area contributed by atoms with E-state index in [0.717, 1.165) is 34.1 Å². The Morgan fingerprint density at radius 2 is 1.90 bits per heavy atom. The molecule has 0 fully saturated rings. The fraction of sp³-hybridized carbons (Fsp3) is 0.167.